The third-order valence-corrected chi connectivity index (χ3v) is 5.80. The van der Waals surface area contributed by atoms with Gasteiger partial charge in [0.25, 0.3) is 0 Å². The van der Waals surface area contributed by atoms with Crippen molar-refractivity contribution in [1.82, 2.24) is 14.9 Å². The first-order chi connectivity index (χ1) is 15.4. The van der Waals surface area contributed by atoms with E-state index in [1.54, 1.807) is 19.4 Å². The maximum Gasteiger partial charge on any atom is 0.242 e. The van der Waals surface area contributed by atoms with E-state index in [2.05, 4.69) is 20.2 Å². The van der Waals surface area contributed by atoms with Crippen LogP contribution in [-0.2, 0) is 4.79 Å². The number of carbonyl (C=O) groups excluding carboxylic acids is 1. The first-order valence-corrected chi connectivity index (χ1v) is 10.6. The number of aromatic nitrogens is 2. The highest BCUT2D eigenvalue weighted by Crippen LogP contribution is 2.37. The summed E-state index contributed by atoms with van der Waals surface area (Å²) in [6.45, 7) is 1.59. The molecule has 2 aromatic carbocycles. The minimum atomic E-state index is -0.482. The molecule has 1 fully saturated rings. The van der Waals surface area contributed by atoms with Gasteiger partial charge in [0.2, 0.25) is 5.91 Å². The number of hydrogen-bond donors (Lipinski definition) is 2. The van der Waals surface area contributed by atoms with Crippen LogP contribution in [0.4, 0.5) is 15.9 Å². The molecule has 1 aliphatic heterocycles. The average Bonchev–Trinajstić information content (AvgIpc) is 2.79. The van der Waals surface area contributed by atoms with Gasteiger partial charge in [0.15, 0.2) is 0 Å². The normalized spacial score (nSPS) is 16.5. The maximum atomic E-state index is 13.5. The Morgan fingerprint density at radius 1 is 1.34 bits per heavy atom. The van der Waals surface area contributed by atoms with Gasteiger partial charge in [-0.1, -0.05) is 11.6 Å². The molecule has 1 atom stereocenters. The molecule has 7 nitrogen and oxygen atoms in total. The van der Waals surface area contributed by atoms with Crippen LogP contribution < -0.4 is 15.8 Å². The molecule has 0 saturated carbocycles. The average molecular weight is 456 g/mol. The van der Waals surface area contributed by atoms with Gasteiger partial charge in [-0.25, -0.2) is 14.4 Å². The molecule has 0 aliphatic carbocycles. The smallest absolute Gasteiger partial charge is 0.242 e. The fourth-order valence-corrected chi connectivity index (χ4v) is 4.16. The van der Waals surface area contributed by atoms with Crippen LogP contribution in [0.1, 0.15) is 24.3 Å². The first-order valence-electron chi connectivity index (χ1n) is 10.2. The molecule has 1 unspecified atom stereocenters. The van der Waals surface area contributed by atoms with Crippen molar-refractivity contribution < 1.29 is 13.9 Å². The fraction of sp³-hybridized carbons (Fsp3) is 0.261. The summed E-state index contributed by atoms with van der Waals surface area (Å²) in [6.07, 6.45) is 6.54. The fourth-order valence-electron chi connectivity index (χ4n) is 3.98. The zero-order valence-electron chi connectivity index (χ0n) is 17.5. The molecule has 3 aromatic rings. The van der Waals surface area contributed by atoms with E-state index in [1.807, 2.05) is 12.1 Å². The lowest BCUT2D eigenvalue weighted by Crippen LogP contribution is -2.30. The van der Waals surface area contributed by atoms with Crippen LogP contribution in [0, 0.1) is 5.82 Å². The molecule has 2 heterocycles. The summed E-state index contributed by atoms with van der Waals surface area (Å²) in [5, 5.41) is 4.05. The van der Waals surface area contributed by atoms with Crippen molar-refractivity contribution >= 4 is 39.9 Å². The minimum Gasteiger partial charge on any atom is -0.496 e. The highest BCUT2D eigenvalue weighted by Gasteiger charge is 2.24. The van der Waals surface area contributed by atoms with Gasteiger partial charge >= 0.3 is 0 Å². The van der Waals surface area contributed by atoms with Crippen LogP contribution in [0.2, 0.25) is 5.02 Å². The van der Waals surface area contributed by atoms with Gasteiger partial charge in [0.05, 0.1) is 17.6 Å². The van der Waals surface area contributed by atoms with Gasteiger partial charge in [-0.3, -0.25) is 4.79 Å². The Labute approximate surface area is 190 Å². The topological polar surface area (TPSA) is 93.4 Å². The Kier molecular flexibility index (Phi) is 6.41. The number of anilines is 2. The molecular formula is C23H23ClFN5O2. The van der Waals surface area contributed by atoms with E-state index in [0.29, 0.717) is 11.5 Å². The summed E-state index contributed by atoms with van der Waals surface area (Å²) in [4.78, 5) is 22.0. The second kappa shape index (κ2) is 9.40. The standard InChI is InChI=1S/C23H23ClFN5O2/c1-32-21-11-20-17(10-16(21)14-3-2-7-30(12-14)8-6-22(26)31)23(28-13-27-20)29-15-4-5-19(25)18(24)9-15/h4-6,8-11,13-14H,2-3,7,12H2,1H3,(H2,26,31)(H,27,28,29). The number of nitrogens with one attached hydrogen (secondary N) is 1. The van der Waals surface area contributed by atoms with Crippen molar-refractivity contribution in [2.75, 3.05) is 25.5 Å². The van der Waals surface area contributed by atoms with E-state index in [9.17, 15) is 9.18 Å². The summed E-state index contributed by atoms with van der Waals surface area (Å²) in [7, 11) is 1.64. The first kappa shape index (κ1) is 21.8. The van der Waals surface area contributed by atoms with Gasteiger partial charge in [0.1, 0.15) is 23.7 Å². The van der Waals surface area contributed by atoms with E-state index >= 15 is 0 Å². The van der Waals surface area contributed by atoms with Gasteiger partial charge in [-0.2, -0.15) is 0 Å². The monoisotopic (exact) mass is 455 g/mol. The molecule has 4 rings (SSSR count). The zero-order valence-corrected chi connectivity index (χ0v) is 18.3. The van der Waals surface area contributed by atoms with E-state index < -0.39 is 11.7 Å². The number of nitrogens with two attached hydrogens (primary N) is 1. The third-order valence-electron chi connectivity index (χ3n) is 5.51. The largest absolute Gasteiger partial charge is 0.496 e. The summed E-state index contributed by atoms with van der Waals surface area (Å²) in [5.74, 6) is 0.572. The van der Waals surface area contributed by atoms with Crippen LogP contribution in [0.25, 0.3) is 10.9 Å². The summed E-state index contributed by atoms with van der Waals surface area (Å²) >= 11 is 5.92. The number of ether oxygens (including phenoxy) is 1. The van der Waals surface area contributed by atoms with Crippen LogP contribution in [0.5, 0.6) is 5.75 Å². The molecule has 1 amide bonds. The molecule has 32 heavy (non-hydrogen) atoms. The number of primary amides is 1. The molecule has 1 saturated heterocycles. The number of carbonyl (C=O) groups is 1. The van der Waals surface area contributed by atoms with Crippen LogP contribution >= 0.6 is 11.6 Å². The minimum absolute atomic E-state index is 0.0297. The molecule has 166 valence electrons. The highest BCUT2D eigenvalue weighted by molar-refractivity contribution is 6.31. The Bertz CT molecular complexity index is 1190. The van der Waals surface area contributed by atoms with Crippen molar-refractivity contribution in [3.63, 3.8) is 0 Å². The van der Waals surface area contributed by atoms with Gasteiger partial charge in [0, 0.05) is 48.4 Å². The lowest BCUT2D eigenvalue weighted by Gasteiger charge is -2.33. The van der Waals surface area contributed by atoms with Crippen molar-refractivity contribution in [1.29, 1.82) is 0 Å². The van der Waals surface area contributed by atoms with Crippen LogP contribution in [0.15, 0.2) is 48.9 Å². The number of amides is 1. The van der Waals surface area contributed by atoms with E-state index in [-0.39, 0.29) is 10.9 Å². The van der Waals surface area contributed by atoms with Crippen LogP contribution in [-0.4, -0.2) is 41.0 Å². The Morgan fingerprint density at radius 3 is 2.94 bits per heavy atom. The van der Waals surface area contributed by atoms with Crippen LogP contribution in [0.3, 0.4) is 0 Å². The summed E-state index contributed by atoms with van der Waals surface area (Å²) < 4.78 is 19.2. The Balaban J connectivity index is 1.70. The molecule has 0 radical (unpaired) electrons. The SMILES string of the molecule is COc1cc2ncnc(Nc3ccc(F)c(Cl)c3)c2cc1C1CCCN(C=CC(N)=O)C1. The van der Waals surface area contributed by atoms with Crippen molar-refractivity contribution in [2.45, 2.75) is 18.8 Å². The number of piperidine rings is 1. The number of halogens is 2. The van der Waals surface area contributed by atoms with Crippen molar-refractivity contribution in [2.24, 2.45) is 5.73 Å². The molecular weight excluding hydrogens is 433 g/mol. The highest BCUT2D eigenvalue weighted by atomic mass is 35.5. The molecule has 1 aliphatic rings. The second-order valence-corrected chi connectivity index (χ2v) is 8.05. The molecule has 0 spiro atoms. The number of methoxy groups -OCH3 is 1. The molecule has 9 heteroatoms. The molecule has 3 N–H and O–H groups in total. The number of benzene rings is 2. The zero-order chi connectivity index (χ0) is 22.7. The van der Waals surface area contributed by atoms with Crippen molar-refractivity contribution in [3.8, 4) is 5.75 Å². The lowest BCUT2D eigenvalue weighted by molar-refractivity contribution is -0.113. The number of hydrogen-bond acceptors (Lipinski definition) is 6. The van der Waals surface area contributed by atoms with Gasteiger partial charge in [-0.15, -0.1) is 0 Å². The third kappa shape index (κ3) is 4.75. The number of likely N-dealkylation sites (tertiary alicyclic amines) is 1. The van der Waals surface area contributed by atoms with Gasteiger partial charge < -0.3 is 20.7 Å². The Hall–Kier alpha value is -3.39. The predicted molar refractivity (Wildman–Crippen MR) is 123 cm³/mol. The Morgan fingerprint density at radius 2 is 2.19 bits per heavy atom. The van der Waals surface area contributed by atoms with E-state index in [0.717, 1.165) is 48.1 Å². The molecule has 1 aromatic heterocycles. The van der Waals surface area contributed by atoms with E-state index in [4.69, 9.17) is 22.1 Å². The maximum absolute atomic E-state index is 13.5. The number of rotatable bonds is 6. The predicted octanol–water partition coefficient (Wildman–Crippen LogP) is 4.35. The lowest BCUT2D eigenvalue weighted by atomic mass is 9.89. The van der Waals surface area contributed by atoms with Gasteiger partial charge in [-0.05, 0) is 42.7 Å². The number of fused-ring (bicyclic) bond motifs is 1. The summed E-state index contributed by atoms with van der Waals surface area (Å²) in [6, 6.07) is 8.35. The molecule has 0 bridgehead atoms. The summed E-state index contributed by atoms with van der Waals surface area (Å²) in [5.41, 5.74) is 7.61. The van der Waals surface area contributed by atoms with E-state index in [1.165, 1.54) is 24.5 Å². The van der Waals surface area contributed by atoms with Crippen molar-refractivity contribution in [3.05, 3.63) is 65.3 Å². The quantitative estimate of drug-likeness (QED) is 0.536. The number of nitrogens with zero attached hydrogens (tertiary/aromatic N) is 3. The second-order valence-electron chi connectivity index (χ2n) is 7.64.